The summed E-state index contributed by atoms with van der Waals surface area (Å²) in [5, 5.41) is 18.6. The molecule has 174 valence electrons. The van der Waals surface area contributed by atoms with Crippen LogP contribution in [0.3, 0.4) is 0 Å². The molecule has 0 saturated carbocycles. The highest BCUT2D eigenvalue weighted by Gasteiger charge is 2.22. The van der Waals surface area contributed by atoms with Crippen LogP contribution >= 0.6 is 0 Å². The number of ketones is 1. The maximum atomic E-state index is 12.7. The smallest absolute Gasteiger partial charge is 0.167 e. The molecule has 2 aliphatic rings. The van der Waals surface area contributed by atoms with E-state index in [0.29, 0.717) is 6.42 Å². The van der Waals surface area contributed by atoms with E-state index in [2.05, 4.69) is 93.9 Å². The minimum Gasteiger partial charge on any atom is -0.294 e. The maximum Gasteiger partial charge on any atom is 0.167 e. The molecule has 0 fully saturated rings. The number of rotatable bonds is 0. The van der Waals surface area contributed by atoms with Crippen molar-refractivity contribution in [2.24, 2.45) is 5.16 Å². The Morgan fingerprint density at radius 3 is 2.08 bits per heavy atom. The van der Waals surface area contributed by atoms with E-state index < -0.39 is 0 Å². The molecule has 0 aromatic heterocycles. The molecule has 1 aliphatic heterocycles. The number of nitrogens with zero attached hydrogens (tertiary/aromatic N) is 1. The molecule has 1 aliphatic carbocycles. The first-order chi connectivity index (χ1) is 18.3. The summed E-state index contributed by atoms with van der Waals surface area (Å²) < 4.78 is 0. The summed E-state index contributed by atoms with van der Waals surface area (Å²) in [4.78, 5) is 20.9. The van der Waals surface area contributed by atoms with Crippen LogP contribution in [-0.2, 0) is 9.88 Å². The molecule has 4 heteroatoms. The normalized spacial score (nSPS) is 14.5. The van der Waals surface area contributed by atoms with Gasteiger partial charge in [0.15, 0.2) is 5.78 Å². The van der Waals surface area contributed by atoms with Gasteiger partial charge in [0.05, 0.1) is 6.21 Å². The van der Waals surface area contributed by atoms with Crippen LogP contribution in [0.4, 0.5) is 0 Å². The fourth-order valence-corrected chi connectivity index (χ4v) is 6.15. The number of hydrogen-bond donors (Lipinski definition) is 0. The van der Waals surface area contributed by atoms with E-state index in [0.717, 1.165) is 16.5 Å². The van der Waals surface area contributed by atoms with Gasteiger partial charge in [-0.1, -0.05) is 60.7 Å². The summed E-state index contributed by atoms with van der Waals surface area (Å²) >= 11 is 0. The van der Waals surface area contributed by atoms with Gasteiger partial charge in [-0.05, 0) is 106 Å². The van der Waals surface area contributed by atoms with Crippen molar-refractivity contribution in [3.63, 3.8) is 0 Å². The third-order valence-corrected chi connectivity index (χ3v) is 7.63. The summed E-state index contributed by atoms with van der Waals surface area (Å²) in [5.74, 6) is 0.214. The Balaban J connectivity index is 0.000000319. The van der Waals surface area contributed by atoms with Gasteiger partial charge in [-0.25, -0.2) is 0 Å². The van der Waals surface area contributed by atoms with Gasteiger partial charge in [0.1, 0.15) is 6.26 Å². The molecule has 37 heavy (non-hydrogen) atoms. The second-order valence-corrected chi connectivity index (χ2v) is 9.59. The average molecular weight is 478 g/mol. The Morgan fingerprint density at radius 1 is 0.676 bits per heavy atom. The zero-order valence-corrected chi connectivity index (χ0v) is 19.7. The lowest BCUT2D eigenvalue weighted by Crippen LogP contribution is -2.05. The van der Waals surface area contributed by atoms with E-state index in [1.54, 1.807) is 6.08 Å². The molecule has 0 bridgehead atoms. The van der Waals surface area contributed by atoms with Gasteiger partial charge in [0.25, 0.3) is 0 Å². The largest absolute Gasteiger partial charge is 0.294 e. The van der Waals surface area contributed by atoms with E-state index in [1.165, 1.54) is 71.7 Å². The fourth-order valence-electron chi connectivity index (χ4n) is 6.15. The van der Waals surface area contributed by atoms with Crippen LogP contribution in [0.2, 0.25) is 0 Å². The molecule has 0 N–H and O–H groups in total. The predicted molar refractivity (Wildman–Crippen MR) is 152 cm³/mol. The molecule has 7 aromatic carbocycles. The summed E-state index contributed by atoms with van der Waals surface area (Å²) in [5.41, 5.74) is 1.93. The second kappa shape index (κ2) is 7.52. The first kappa shape index (κ1) is 20.3. The topological polar surface area (TPSA) is 47.9 Å². The van der Waals surface area contributed by atoms with Gasteiger partial charge in [0.2, 0.25) is 0 Å². The molecule has 0 radical (unpaired) electrons. The van der Waals surface area contributed by atoms with Crippen LogP contribution in [0.1, 0.15) is 22.3 Å². The Bertz CT molecular complexity index is 2120. The number of hydrogen-bond acceptors (Lipinski definition) is 4. The number of allylic oxidation sites excluding steroid dienone is 2. The van der Waals surface area contributed by atoms with E-state index in [-0.39, 0.29) is 5.78 Å². The standard InChI is InChI=1S/C30H16O.C3H3NO2/c31-26-7-3-6-22-23(26)13-18-9-11-19-14-24-21-5-2-1-4-16(21)12-17-8-10-20-15-25(22)28(18)30(19)29(20)27(17)24;1-2-4-6-5-3-1/h1-6,8-15H,7H2;1-3H. The van der Waals surface area contributed by atoms with E-state index in [4.69, 9.17) is 0 Å². The number of carbonyl (C=O) groups excluding carboxylic acids is 1. The Kier molecular flexibility index (Phi) is 4.12. The summed E-state index contributed by atoms with van der Waals surface area (Å²) in [6.07, 6.45) is 9.15. The lowest BCUT2D eigenvalue weighted by Gasteiger charge is -2.21. The number of Topliss-reactive ketones (excluding diaryl/α,β-unsaturated/α-hetero) is 1. The van der Waals surface area contributed by atoms with Crippen molar-refractivity contribution in [2.45, 2.75) is 6.42 Å². The quantitative estimate of drug-likeness (QED) is 0.125. The van der Waals surface area contributed by atoms with Gasteiger partial charge in [-0.2, -0.15) is 4.99 Å². The zero-order chi connectivity index (χ0) is 24.5. The highest BCUT2D eigenvalue weighted by Crippen LogP contribution is 2.46. The maximum absolute atomic E-state index is 12.7. The minimum atomic E-state index is 0.214. The molecule has 1 heterocycles. The fraction of sp³-hybridized carbons (Fsp3) is 0.0303. The Morgan fingerprint density at radius 2 is 1.38 bits per heavy atom. The summed E-state index contributed by atoms with van der Waals surface area (Å²) in [6.45, 7) is 0. The molecule has 0 unspecified atom stereocenters. The lowest BCUT2D eigenvalue weighted by atomic mass is 9.82. The molecule has 0 saturated heterocycles. The minimum absolute atomic E-state index is 0.214. The number of benzene rings is 7. The monoisotopic (exact) mass is 477 g/mol. The molecule has 0 amide bonds. The first-order valence-corrected chi connectivity index (χ1v) is 12.3. The van der Waals surface area contributed by atoms with E-state index >= 15 is 0 Å². The predicted octanol–water partition coefficient (Wildman–Crippen LogP) is 8.53. The summed E-state index contributed by atoms with van der Waals surface area (Å²) in [7, 11) is 0. The van der Waals surface area contributed by atoms with Crippen molar-refractivity contribution < 1.29 is 14.7 Å². The molecule has 4 nitrogen and oxygen atoms in total. The highest BCUT2D eigenvalue weighted by atomic mass is 17.3. The molecular formula is C33H19NO3. The van der Waals surface area contributed by atoms with Crippen LogP contribution in [0, 0.1) is 0 Å². The van der Waals surface area contributed by atoms with Crippen molar-refractivity contribution in [1.29, 1.82) is 0 Å². The lowest BCUT2D eigenvalue weighted by molar-refractivity contribution is -0.251. The molecule has 0 spiro atoms. The second-order valence-electron chi connectivity index (χ2n) is 9.59. The number of oxime groups is 1. The van der Waals surface area contributed by atoms with Gasteiger partial charge in [-0.15, -0.1) is 0 Å². The van der Waals surface area contributed by atoms with Crippen molar-refractivity contribution in [1.82, 2.24) is 0 Å². The van der Waals surface area contributed by atoms with Gasteiger partial charge in [0, 0.05) is 12.0 Å². The van der Waals surface area contributed by atoms with Gasteiger partial charge in [-0.3, -0.25) is 9.68 Å². The third-order valence-electron chi connectivity index (χ3n) is 7.63. The number of carbonyl (C=O) groups is 1. The van der Waals surface area contributed by atoms with Crippen molar-refractivity contribution in [3.8, 4) is 0 Å². The van der Waals surface area contributed by atoms with Crippen LogP contribution in [-0.4, -0.2) is 12.0 Å². The summed E-state index contributed by atoms with van der Waals surface area (Å²) in [6, 6.07) is 26.7. The molecule has 0 atom stereocenters. The Labute approximate surface area is 211 Å². The Hall–Kier alpha value is -4.96. The molecular weight excluding hydrogens is 458 g/mol. The van der Waals surface area contributed by atoms with E-state index in [1.807, 2.05) is 6.08 Å². The third kappa shape index (κ3) is 2.84. The molecule has 9 rings (SSSR count). The van der Waals surface area contributed by atoms with Crippen molar-refractivity contribution in [2.75, 3.05) is 0 Å². The SMILES string of the molecule is C1=COON=C1.O=C1CC=Cc2c1cc1ccc3cc4c5ccccc5cc5ccc6cc2c1c3c6c54. The van der Waals surface area contributed by atoms with Crippen molar-refractivity contribution >= 4 is 82.7 Å². The zero-order valence-electron chi connectivity index (χ0n) is 19.7. The number of fused-ring (bicyclic) bond motifs is 4. The van der Waals surface area contributed by atoms with Crippen molar-refractivity contribution in [3.05, 3.63) is 102 Å². The average Bonchev–Trinajstić information content (AvgIpc) is 2.96. The van der Waals surface area contributed by atoms with Gasteiger partial charge >= 0.3 is 0 Å². The van der Waals surface area contributed by atoms with Crippen LogP contribution in [0.15, 0.2) is 96.4 Å². The first-order valence-electron chi connectivity index (χ1n) is 12.3. The highest BCUT2D eigenvalue weighted by molar-refractivity contribution is 6.39. The van der Waals surface area contributed by atoms with Crippen LogP contribution in [0.5, 0.6) is 0 Å². The van der Waals surface area contributed by atoms with Gasteiger partial charge < -0.3 is 0 Å². The van der Waals surface area contributed by atoms with Crippen LogP contribution < -0.4 is 0 Å². The van der Waals surface area contributed by atoms with E-state index in [9.17, 15) is 4.79 Å². The molecule has 7 aromatic rings. The van der Waals surface area contributed by atoms with Crippen LogP contribution in [0.25, 0.3) is 70.7 Å².